The van der Waals surface area contributed by atoms with Crippen LogP contribution in [0.25, 0.3) is 0 Å². The highest BCUT2D eigenvalue weighted by Crippen LogP contribution is 2.23. The van der Waals surface area contributed by atoms with Gasteiger partial charge in [0.15, 0.2) is 11.6 Å². The molecular weight excluding hydrogens is 292 g/mol. The lowest BCUT2D eigenvalue weighted by atomic mass is 10.1. The second kappa shape index (κ2) is 6.50. The molecule has 0 radical (unpaired) electrons. The van der Waals surface area contributed by atoms with E-state index in [1.165, 1.54) is 4.90 Å². The Morgan fingerprint density at radius 2 is 2.05 bits per heavy atom. The van der Waals surface area contributed by atoms with Gasteiger partial charge in [0.2, 0.25) is 0 Å². The van der Waals surface area contributed by atoms with Crippen LogP contribution in [-0.2, 0) is 4.74 Å². The number of likely N-dealkylation sites (tertiary alicyclic amines) is 1. The molecule has 0 bridgehead atoms. The standard InChI is InChI=1S/C16H21F2NO3/c1-16(2,3)22-15(20)19-8-4-5-12(10-19)21-14-9-11(17)6-7-13(14)18/h6-7,9,12H,4-5,8,10H2,1-3H3/t12-/m1/s1. The molecule has 1 heterocycles. The number of carbonyl (C=O) groups excluding carboxylic acids is 1. The zero-order chi connectivity index (χ0) is 16.3. The monoisotopic (exact) mass is 313 g/mol. The van der Waals surface area contributed by atoms with Crippen molar-refractivity contribution in [2.75, 3.05) is 13.1 Å². The maximum Gasteiger partial charge on any atom is 0.410 e. The second-order valence-electron chi connectivity index (χ2n) is 6.38. The van der Waals surface area contributed by atoms with Gasteiger partial charge in [-0.25, -0.2) is 13.6 Å². The van der Waals surface area contributed by atoms with Crippen LogP contribution in [-0.4, -0.2) is 35.8 Å². The molecule has 1 saturated heterocycles. The molecule has 0 aliphatic carbocycles. The van der Waals surface area contributed by atoms with E-state index >= 15 is 0 Å². The molecule has 0 unspecified atom stereocenters. The number of halogens is 2. The lowest BCUT2D eigenvalue weighted by molar-refractivity contribution is 0.00732. The van der Waals surface area contributed by atoms with Gasteiger partial charge in [-0.2, -0.15) is 0 Å². The first kappa shape index (κ1) is 16.5. The summed E-state index contributed by atoms with van der Waals surface area (Å²) < 4.78 is 37.6. The van der Waals surface area contributed by atoms with Crippen molar-refractivity contribution in [2.24, 2.45) is 0 Å². The summed E-state index contributed by atoms with van der Waals surface area (Å²) in [5.74, 6) is -1.30. The molecule has 22 heavy (non-hydrogen) atoms. The summed E-state index contributed by atoms with van der Waals surface area (Å²) in [4.78, 5) is 13.6. The zero-order valence-corrected chi connectivity index (χ0v) is 13.1. The lowest BCUT2D eigenvalue weighted by Crippen LogP contribution is -2.46. The number of benzene rings is 1. The highest BCUT2D eigenvalue weighted by atomic mass is 19.1. The Morgan fingerprint density at radius 1 is 1.32 bits per heavy atom. The van der Waals surface area contributed by atoms with Crippen LogP contribution in [0.5, 0.6) is 5.75 Å². The van der Waals surface area contributed by atoms with Crippen LogP contribution in [0.4, 0.5) is 13.6 Å². The van der Waals surface area contributed by atoms with E-state index < -0.39 is 23.3 Å². The van der Waals surface area contributed by atoms with Gasteiger partial charge in [-0.1, -0.05) is 0 Å². The third-order valence-corrected chi connectivity index (χ3v) is 3.22. The van der Waals surface area contributed by atoms with Crippen molar-refractivity contribution >= 4 is 6.09 Å². The molecule has 122 valence electrons. The van der Waals surface area contributed by atoms with Crippen LogP contribution in [0, 0.1) is 11.6 Å². The van der Waals surface area contributed by atoms with Gasteiger partial charge in [-0.05, 0) is 45.7 Å². The van der Waals surface area contributed by atoms with Gasteiger partial charge in [0.05, 0.1) is 6.54 Å². The molecule has 1 fully saturated rings. The van der Waals surface area contributed by atoms with E-state index in [0.717, 1.165) is 24.6 Å². The number of amides is 1. The summed E-state index contributed by atoms with van der Waals surface area (Å²) in [5, 5.41) is 0. The number of ether oxygens (including phenoxy) is 2. The minimum atomic E-state index is -0.615. The molecular formula is C16H21F2NO3. The Labute approximate surface area is 129 Å². The minimum absolute atomic E-state index is 0.129. The van der Waals surface area contributed by atoms with Crippen molar-refractivity contribution in [3.63, 3.8) is 0 Å². The fourth-order valence-electron chi connectivity index (χ4n) is 2.27. The Bertz CT molecular complexity index is 543. The van der Waals surface area contributed by atoms with E-state index in [-0.39, 0.29) is 11.9 Å². The molecule has 1 aromatic rings. The van der Waals surface area contributed by atoms with Crippen LogP contribution < -0.4 is 4.74 Å². The van der Waals surface area contributed by atoms with Gasteiger partial charge >= 0.3 is 6.09 Å². The van der Waals surface area contributed by atoms with Gasteiger partial charge < -0.3 is 14.4 Å². The molecule has 0 aromatic heterocycles. The first-order chi connectivity index (χ1) is 10.2. The highest BCUT2D eigenvalue weighted by Gasteiger charge is 2.29. The maximum atomic E-state index is 13.6. The summed E-state index contributed by atoms with van der Waals surface area (Å²) in [6.07, 6.45) is 0.605. The van der Waals surface area contributed by atoms with Gasteiger partial charge in [0.25, 0.3) is 0 Å². The molecule has 0 saturated carbocycles. The summed E-state index contributed by atoms with van der Waals surface area (Å²) in [6.45, 7) is 6.26. The summed E-state index contributed by atoms with van der Waals surface area (Å²) >= 11 is 0. The van der Waals surface area contributed by atoms with E-state index in [1.54, 1.807) is 20.8 Å². The molecule has 1 aromatic carbocycles. The summed E-state index contributed by atoms with van der Waals surface area (Å²) in [6, 6.07) is 3.08. The average Bonchev–Trinajstić information content (AvgIpc) is 2.41. The number of hydrogen-bond acceptors (Lipinski definition) is 3. The number of carbonyl (C=O) groups is 1. The number of hydrogen-bond donors (Lipinski definition) is 0. The fourth-order valence-corrected chi connectivity index (χ4v) is 2.27. The third-order valence-electron chi connectivity index (χ3n) is 3.22. The normalized spacial score (nSPS) is 19.0. The molecule has 1 amide bonds. The van der Waals surface area contributed by atoms with Crippen LogP contribution in [0.3, 0.4) is 0 Å². The second-order valence-corrected chi connectivity index (χ2v) is 6.38. The smallest absolute Gasteiger partial charge is 0.410 e. The summed E-state index contributed by atoms with van der Waals surface area (Å²) in [5.41, 5.74) is -0.570. The first-order valence-corrected chi connectivity index (χ1v) is 7.34. The molecule has 2 rings (SSSR count). The molecule has 1 atom stereocenters. The van der Waals surface area contributed by atoms with E-state index in [1.807, 2.05) is 0 Å². The molecule has 1 aliphatic rings. The Kier molecular flexibility index (Phi) is 4.88. The maximum absolute atomic E-state index is 13.6. The lowest BCUT2D eigenvalue weighted by Gasteiger charge is -2.34. The number of rotatable bonds is 2. The van der Waals surface area contributed by atoms with Gasteiger partial charge in [0.1, 0.15) is 17.5 Å². The molecule has 0 N–H and O–H groups in total. The fraction of sp³-hybridized carbons (Fsp3) is 0.562. The van der Waals surface area contributed by atoms with Gasteiger partial charge in [0, 0.05) is 12.6 Å². The minimum Gasteiger partial charge on any atom is -0.485 e. The number of piperidine rings is 1. The van der Waals surface area contributed by atoms with Crippen LogP contribution >= 0.6 is 0 Å². The Morgan fingerprint density at radius 3 is 2.73 bits per heavy atom. The molecule has 0 spiro atoms. The van der Waals surface area contributed by atoms with Crippen LogP contribution in [0.2, 0.25) is 0 Å². The van der Waals surface area contributed by atoms with Crippen molar-refractivity contribution in [2.45, 2.75) is 45.3 Å². The van der Waals surface area contributed by atoms with Crippen LogP contribution in [0.1, 0.15) is 33.6 Å². The Balaban J connectivity index is 1.98. The molecule has 6 heteroatoms. The zero-order valence-electron chi connectivity index (χ0n) is 13.1. The van der Waals surface area contributed by atoms with Crippen molar-refractivity contribution in [1.29, 1.82) is 0 Å². The number of nitrogens with zero attached hydrogens (tertiary/aromatic N) is 1. The SMILES string of the molecule is CC(C)(C)OC(=O)N1CCC[C@@H](Oc2cc(F)ccc2F)C1. The average molecular weight is 313 g/mol. The van der Waals surface area contributed by atoms with Crippen LogP contribution in [0.15, 0.2) is 18.2 Å². The summed E-state index contributed by atoms with van der Waals surface area (Å²) in [7, 11) is 0. The highest BCUT2D eigenvalue weighted by molar-refractivity contribution is 5.68. The van der Waals surface area contributed by atoms with E-state index in [2.05, 4.69) is 0 Å². The first-order valence-electron chi connectivity index (χ1n) is 7.34. The predicted octanol–water partition coefficient (Wildman–Crippen LogP) is 3.74. The van der Waals surface area contributed by atoms with Crippen molar-refractivity contribution in [3.05, 3.63) is 29.8 Å². The van der Waals surface area contributed by atoms with Crippen molar-refractivity contribution in [1.82, 2.24) is 4.90 Å². The topological polar surface area (TPSA) is 38.8 Å². The molecule has 4 nitrogen and oxygen atoms in total. The largest absolute Gasteiger partial charge is 0.485 e. The quantitative estimate of drug-likeness (QED) is 0.835. The Hall–Kier alpha value is -1.85. The van der Waals surface area contributed by atoms with Gasteiger partial charge in [-0.15, -0.1) is 0 Å². The predicted molar refractivity (Wildman–Crippen MR) is 77.8 cm³/mol. The third kappa shape index (κ3) is 4.58. The molecule has 1 aliphatic heterocycles. The van der Waals surface area contributed by atoms with E-state index in [9.17, 15) is 13.6 Å². The van der Waals surface area contributed by atoms with Crippen molar-refractivity contribution < 1.29 is 23.0 Å². The van der Waals surface area contributed by atoms with Crippen molar-refractivity contribution in [3.8, 4) is 5.75 Å². The van der Waals surface area contributed by atoms with E-state index in [4.69, 9.17) is 9.47 Å². The van der Waals surface area contributed by atoms with E-state index in [0.29, 0.717) is 19.5 Å². The van der Waals surface area contributed by atoms with Gasteiger partial charge in [-0.3, -0.25) is 0 Å².